The van der Waals surface area contributed by atoms with Crippen LogP contribution in [0.2, 0.25) is 5.02 Å². The molecule has 23 heavy (non-hydrogen) atoms. The Morgan fingerprint density at radius 1 is 1.39 bits per heavy atom. The number of amides is 1. The minimum absolute atomic E-state index is 0.0704. The maximum atomic E-state index is 11.2. The number of benzene rings is 1. The van der Waals surface area contributed by atoms with E-state index in [9.17, 15) is 13.2 Å². The highest BCUT2D eigenvalue weighted by atomic mass is 35.5. The Bertz CT molecular complexity index is 788. The maximum absolute atomic E-state index is 11.2. The van der Waals surface area contributed by atoms with Gasteiger partial charge in [0.15, 0.2) is 15.7 Å². The van der Waals surface area contributed by atoms with Gasteiger partial charge in [-0.15, -0.1) is 0 Å². The smallest absolute Gasteiger partial charge is 0.405 e. The summed E-state index contributed by atoms with van der Waals surface area (Å²) in [5.41, 5.74) is 0.808. The summed E-state index contributed by atoms with van der Waals surface area (Å²) in [6.07, 6.45) is 0.0530. The summed E-state index contributed by atoms with van der Waals surface area (Å²) in [7, 11) is -3.32. The SMILES string of the molecule is CS(=O)(=O)Cc1nc([C@H](Cc2ccc(Cl)cc2)NC(=O)O)no1. The molecular formula is C13H14ClN3O5S. The first-order chi connectivity index (χ1) is 10.7. The third-order valence-corrected chi connectivity index (χ3v) is 3.86. The molecule has 0 spiro atoms. The Hall–Kier alpha value is -2.13. The molecule has 0 aliphatic heterocycles. The van der Waals surface area contributed by atoms with Crippen molar-refractivity contribution in [2.75, 3.05) is 6.26 Å². The van der Waals surface area contributed by atoms with Crippen molar-refractivity contribution in [3.63, 3.8) is 0 Å². The number of carboxylic acid groups (broad SMARTS) is 1. The van der Waals surface area contributed by atoms with Gasteiger partial charge in [0.25, 0.3) is 0 Å². The van der Waals surface area contributed by atoms with Crippen molar-refractivity contribution in [2.45, 2.75) is 18.2 Å². The minimum Gasteiger partial charge on any atom is -0.465 e. The molecule has 0 radical (unpaired) electrons. The Labute approximate surface area is 137 Å². The van der Waals surface area contributed by atoms with Crippen LogP contribution in [0.3, 0.4) is 0 Å². The van der Waals surface area contributed by atoms with Crippen LogP contribution in [-0.2, 0) is 22.0 Å². The first-order valence-electron chi connectivity index (χ1n) is 6.47. The molecule has 0 bridgehead atoms. The zero-order valence-electron chi connectivity index (χ0n) is 12.1. The van der Waals surface area contributed by atoms with Gasteiger partial charge in [0.05, 0.1) is 6.04 Å². The van der Waals surface area contributed by atoms with E-state index < -0.39 is 27.7 Å². The highest BCUT2D eigenvalue weighted by Gasteiger charge is 2.22. The molecule has 8 nitrogen and oxygen atoms in total. The average Bonchev–Trinajstić information content (AvgIpc) is 2.86. The van der Waals surface area contributed by atoms with Crippen molar-refractivity contribution in [1.82, 2.24) is 15.5 Å². The molecule has 1 amide bonds. The molecule has 0 saturated heterocycles. The van der Waals surface area contributed by atoms with Crippen LogP contribution >= 0.6 is 11.6 Å². The number of sulfone groups is 1. The number of aromatic nitrogens is 2. The Balaban J connectivity index is 2.21. The number of hydrogen-bond acceptors (Lipinski definition) is 6. The van der Waals surface area contributed by atoms with Gasteiger partial charge in [-0.1, -0.05) is 28.9 Å². The molecule has 2 rings (SSSR count). The van der Waals surface area contributed by atoms with Crippen LogP contribution in [-0.4, -0.2) is 36.0 Å². The monoisotopic (exact) mass is 359 g/mol. The molecule has 1 aromatic heterocycles. The Kier molecular flexibility index (Phi) is 5.22. The molecular weight excluding hydrogens is 346 g/mol. The summed E-state index contributed by atoms with van der Waals surface area (Å²) in [4.78, 5) is 14.9. The summed E-state index contributed by atoms with van der Waals surface area (Å²) in [6.45, 7) is 0. The van der Waals surface area contributed by atoms with Gasteiger partial charge in [-0.3, -0.25) is 0 Å². The highest BCUT2D eigenvalue weighted by Crippen LogP contribution is 2.18. The second-order valence-electron chi connectivity index (χ2n) is 4.95. The topological polar surface area (TPSA) is 122 Å². The molecule has 1 atom stereocenters. The summed E-state index contributed by atoms with van der Waals surface area (Å²) in [6, 6.07) is 6.08. The molecule has 2 N–H and O–H groups in total. The Morgan fingerprint density at radius 3 is 2.61 bits per heavy atom. The number of carbonyl (C=O) groups is 1. The van der Waals surface area contributed by atoms with E-state index in [0.29, 0.717) is 5.02 Å². The highest BCUT2D eigenvalue weighted by molar-refractivity contribution is 7.89. The van der Waals surface area contributed by atoms with Crippen LogP contribution in [0, 0.1) is 0 Å². The van der Waals surface area contributed by atoms with Crippen LogP contribution in [0.1, 0.15) is 23.3 Å². The molecule has 10 heteroatoms. The lowest BCUT2D eigenvalue weighted by molar-refractivity contribution is 0.189. The average molecular weight is 360 g/mol. The predicted molar refractivity (Wildman–Crippen MR) is 81.9 cm³/mol. The zero-order valence-corrected chi connectivity index (χ0v) is 13.6. The lowest BCUT2D eigenvalue weighted by Gasteiger charge is -2.13. The second-order valence-corrected chi connectivity index (χ2v) is 7.53. The van der Waals surface area contributed by atoms with Gasteiger partial charge in [0.2, 0.25) is 5.89 Å². The molecule has 124 valence electrons. The molecule has 0 aliphatic carbocycles. The van der Waals surface area contributed by atoms with Gasteiger partial charge in [-0.25, -0.2) is 13.2 Å². The fourth-order valence-electron chi connectivity index (χ4n) is 1.90. The third kappa shape index (κ3) is 5.53. The maximum Gasteiger partial charge on any atom is 0.405 e. The van der Waals surface area contributed by atoms with E-state index in [1.165, 1.54) is 0 Å². The number of nitrogens with one attached hydrogen (secondary N) is 1. The lowest BCUT2D eigenvalue weighted by atomic mass is 10.1. The van der Waals surface area contributed by atoms with Crippen molar-refractivity contribution in [2.24, 2.45) is 0 Å². The zero-order chi connectivity index (χ0) is 17.0. The van der Waals surface area contributed by atoms with Gasteiger partial charge in [-0.05, 0) is 17.7 Å². The van der Waals surface area contributed by atoms with Crippen molar-refractivity contribution < 1.29 is 22.8 Å². The van der Waals surface area contributed by atoms with Crippen molar-refractivity contribution in [1.29, 1.82) is 0 Å². The molecule has 2 aromatic rings. The van der Waals surface area contributed by atoms with Gasteiger partial charge in [-0.2, -0.15) is 4.98 Å². The quantitative estimate of drug-likeness (QED) is 0.806. The largest absolute Gasteiger partial charge is 0.465 e. The van der Waals surface area contributed by atoms with Crippen LogP contribution in [0.4, 0.5) is 4.79 Å². The fourth-order valence-corrected chi connectivity index (χ4v) is 2.60. The lowest BCUT2D eigenvalue weighted by Crippen LogP contribution is -2.29. The predicted octanol–water partition coefficient (Wildman–Crippen LogP) is 1.82. The third-order valence-electron chi connectivity index (χ3n) is 2.83. The van der Waals surface area contributed by atoms with E-state index in [1.807, 2.05) is 0 Å². The van der Waals surface area contributed by atoms with Crippen molar-refractivity contribution in [3.05, 3.63) is 46.6 Å². The van der Waals surface area contributed by atoms with Gasteiger partial charge < -0.3 is 14.9 Å². The second kappa shape index (κ2) is 6.97. The molecule has 0 unspecified atom stereocenters. The number of nitrogens with zero attached hydrogens (tertiary/aromatic N) is 2. The number of halogens is 1. The molecule has 1 aromatic carbocycles. The number of rotatable bonds is 6. The van der Waals surface area contributed by atoms with Crippen molar-refractivity contribution in [3.8, 4) is 0 Å². The Morgan fingerprint density at radius 2 is 2.04 bits per heavy atom. The summed E-state index contributed by atoms with van der Waals surface area (Å²) < 4.78 is 27.3. The van der Waals surface area contributed by atoms with Gasteiger partial charge >= 0.3 is 6.09 Å². The first kappa shape index (κ1) is 17.2. The summed E-state index contributed by atoms with van der Waals surface area (Å²) in [5, 5.41) is 15.5. The molecule has 0 saturated carbocycles. The van der Waals surface area contributed by atoms with Gasteiger partial charge in [0, 0.05) is 17.7 Å². The fraction of sp³-hybridized carbons (Fsp3) is 0.308. The van der Waals surface area contributed by atoms with E-state index in [4.69, 9.17) is 21.2 Å². The van der Waals surface area contributed by atoms with E-state index in [0.717, 1.165) is 11.8 Å². The van der Waals surface area contributed by atoms with Crippen LogP contribution in [0.5, 0.6) is 0 Å². The molecule has 0 aliphatic rings. The van der Waals surface area contributed by atoms with E-state index in [-0.39, 0.29) is 18.1 Å². The molecule has 1 heterocycles. The van der Waals surface area contributed by atoms with Crippen molar-refractivity contribution >= 4 is 27.5 Å². The minimum atomic E-state index is -3.32. The molecule has 0 fully saturated rings. The standard InChI is InChI=1S/C13H14ClN3O5S/c1-23(20,21)7-11-16-12(17-22-11)10(15-13(18)19)6-8-2-4-9(14)5-3-8/h2-5,10,15H,6-7H2,1H3,(H,18,19)/t10-/m0/s1. The van der Waals surface area contributed by atoms with E-state index in [2.05, 4.69) is 15.5 Å². The van der Waals surface area contributed by atoms with Crippen LogP contribution in [0.25, 0.3) is 0 Å². The van der Waals surface area contributed by atoms with E-state index >= 15 is 0 Å². The normalized spacial score (nSPS) is 12.8. The summed E-state index contributed by atoms with van der Waals surface area (Å²) in [5.74, 6) is -0.419. The van der Waals surface area contributed by atoms with E-state index in [1.54, 1.807) is 24.3 Å². The number of hydrogen-bond donors (Lipinski definition) is 2. The van der Waals surface area contributed by atoms with Crippen LogP contribution < -0.4 is 5.32 Å². The van der Waals surface area contributed by atoms with Crippen LogP contribution in [0.15, 0.2) is 28.8 Å². The van der Waals surface area contributed by atoms with Gasteiger partial charge in [0.1, 0.15) is 5.75 Å². The first-order valence-corrected chi connectivity index (χ1v) is 8.91. The summed E-state index contributed by atoms with van der Waals surface area (Å²) >= 11 is 5.81.